The lowest BCUT2D eigenvalue weighted by molar-refractivity contribution is -0.133. The molecule has 2 aromatic heterocycles. The minimum atomic E-state index is -0.00544. The number of carbonyl (C=O) groups excluding carboxylic acids is 1. The first-order valence-corrected chi connectivity index (χ1v) is 10.2. The predicted molar refractivity (Wildman–Crippen MR) is 117 cm³/mol. The molecular formula is C23H22N6O2. The first-order valence-electron chi connectivity index (χ1n) is 10.2. The number of piperazine rings is 1. The van der Waals surface area contributed by atoms with E-state index in [0.29, 0.717) is 26.2 Å². The van der Waals surface area contributed by atoms with Gasteiger partial charge in [-0.1, -0.05) is 36.4 Å². The standard InChI is InChI=1S/C23H22N6O2/c30-23(16-31-20-7-3-5-18-4-1-2-6-19(18)20)28-14-12-27(13-15-28)21-8-9-22(26-25-21)29-11-10-24-17-29/h1-11,17H,12-16H2. The maximum atomic E-state index is 12.7. The van der Waals surface area contributed by atoms with E-state index in [1.54, 1.807) is 12.5 Å². The summed E-state index contributed by atoms with van der Waals surface area (Å²) in [4.78, 5) is 20.7. The summed E-state index contributed by atoms with van der Waals surface area (Å²) in [6, 6.07) is 17.8. The number of benzene rings is 2. The zero-order chi connectivity index (χ0) is 21.0. The highest BCUT2D eigenvalue weighted by atomic mass is 16.5. The summed E-state index contributed by atoms with van der Waals surface area (Å²) < 4.78 is 7.67. The molecule has 8 heteroatoms. The van der Waals surface area contributed by atoms with E-state index in [1.165, 1.54) is 0 Å². The molecule has 156 valence electrons. The first-order chi connectivity index (χ1) is 15.3. The number of anilines is 1. The molecular weight excluding hydrogens is 392 g/mol. The molecule has 3 heterocycles. The van der Waals surface area contributed by atoms with Crippen LogP contribution in [0.15, 0.2) is 73.3 Å². The van der Waals surface area contributed by atoms with Crippen LogP contribution in [0, 0.1) is 0 Å². The number of amides is 1. The van der Waals surface area contributed by atoms with Crippen LogP contribution in [0.4, 0.5) is 5.82 Å². The molecule has 2 aromatic carbocycles. The number of imidazole rings is 1. The molecule has 1 fully saturated rings. The molecule has 0 spiro atoms. The Morgan fingerprint density at radius 1 is 0.903 bits per heavy atom. The number of fused-ring (bicyclic) bond motifs is 1. The van der Waals surface area contributed by atoms with Gasteiger partial charge in [0.25, 0.3) is 5.91 Å². The highest BCUT2D eigenvalue weighted by molar-refractivity contribution is 5.88. The molecule has 0 atom stereocenters. The largest absolute Gasteiger partial charge is 0.483 e. The number of nitrogens with zero attached hydrogens (tertiary/aromatic N) is 6. The number of rotatable bonds is 5. The van der Waals surface area contributed by atoms with Crippen molar-refractivity contribution in [2.75, 3.05) is 37.7 Å². The smallest absolute Gasteiger partial charge is 0.260 e. The normalized spacial score (nSPS) is 14.1. The molecule has 1 saturated heterocycles. The van der Waals surface area contributed by atoms with Crippen LogP contribution in [-0.2, 0) is 4.79 Å². The molecule has 8 nitrogen and oxygen atoms in total. The zero-order valence-corrected chi connectivity index (χ0v) is 17.0. The van der Waals surface area contributed by atoms with Crippen LogP contribution < -0.4 is 9.64 Å². The third-order valence-electron chi connectivity index (χ3n) is 5.46. The molecule has 0 unspecified atom stereocenters. The van der Waals surface area contributed by atoms with E-state index >= 15 is 0 Å². The topological polar surface area (TPSA) is 76.4 Å². The summed E-state index contributed by atoms with van der Waals surface area (Å²) in [6.45, 7) is 2.71. The van der Waals surface area contributed by atoms with Crippen molar-refractivity contribution in [1.29, 1.82) is 0 Å². The number of carbonyl (C=O) groups is 1. The predicted octanol–water partition coefficient (Wildman–Crippen LogP) is 2.54. The molecule has 0 radical (unpaired) electrons. The van der Waals surface area contributed by atoms with Gasteiger partial charge in [-0.25, -0.2) is 4.98 Å². The Balaban J connectivity index is 1.16. The van der Waals surface area contributed by atoms with Gasteiger partial charge in [-0.3, -0.25) is 9.36 Å². The van der Waals surface area contributed by atoms with Crippen molar-refractivity contribution in [1.82, 2.24) is 24.6 Å². The SMILES string of the molecule is O=C(COc1cccc2ccccc12)N1CCN(c2ccc(-n3ccnc3)nn2)CC1. The van der Waals surface area contributed by atoms with Gasteiger partial charge in [-0.2, -0.15) is 0 Å². The van der Waals surface area contributed by atoms with Crippen molar-refractivity contribution in [2.24, 2.45) is 0 Å². The van der Waals surface area contributed by atoms with Gasteiger partial charge in [0.1, 0.15) is 12.1 Å². The number of ether oxygens (including phenoxy) is 1. The second-order valence-corrected chi connectivity index (χ2v) is 7.35. The van der Waals surface area contributed by atoms with Crippen LogP contribution in [0.2, 0.25) is 0 Å². The molecule has 1 aliphatic heterocycles. The Labute approximate surface area is 179 Å². The van der Waals surface area contributed by atoms with Crippen LogP contribution in [0.3, 0.4) is 0 Å². The van der Waals surface area contributed by atoms with Crippen LogP contribution in [-0.4, -0.2) is 63.3 Å². The molecule has 0 aliphatic carbocycles. The van der Waals surface area contributed by atoms with Gasteiger partial charge >= 0.3 is 0 Å². The average molecular weight is 414 g/mol. The van der Waals surface area contributed by atoms with E-state index in [0.717, 1.165) is 28.2 Å². The highest BCUT2D eigenvalue weighted by Crippen LogP contribution is 2.25. The Morgan fingerprint density at radius 2 is 1.68 bits per heavy atom. The molecule has 5 rings (SSSR count). The van der Waals surface area contributed by atoms with Gasteiger partial charge in [0.15, 0.2) is 18.2 Å². The second-order valence-electron chi connectivity index (χ2n) is 7.35. The van der Waals surface area contributed by atoms with Crippen LogP contribution in [0.1, 0.15) is 0 Å². The third kappa shape index (κ3) is 4.05. The Morgan fingerprint density at radius 3 is 2.45 bits per heavy atom. The monoisotopic (exact) mass is 414 g/mol. The van der Waals surface area contributed by atoms with Crippen molar-refractivity contribution in [3.05, 3.63) is 73.3 Å². The minimum Gasteiger partial charge on any atom is -0.483 e. The van der Waals surface area contributed by atoms with Crippen LogP contribution in [0.5, 0.6) is 5.75 Å². The van der Waals surface area contributed by atoms with Gasteiger partial charge in [-0.05, 0) is 23.6 Å². The van der Waals surface area contributed by atoms with Gasteiger partial charge in [-0.15, -0.1) is 10.2 Å². The third-order valence-corrected chi connectivity index (χ3v) is 5.46. The summed E-state index contributed by atoms with van der Waals surface area (Å²) in [5, 5.41) is 10.7. The van der Waals surface area contributed by atoms with Gasteiger partial charge < -0.3 is 14.5 Å². The summed E-state index contributed by atoms with van der Waals surface area (Å²) in [6.07, 6.45) is 5.22. The summed E-state index contributed by atoms with van der Waals surface area (Å²) >= 11 is 0. The van der Waals surface area contributed by atoms with Crippen LogP contribution in [0.25, 0.3) is 16.6 Å². The van der Waals surface area contributed by atoms with Gasteiger partial charge in [0, 0.05) is 44.0 Å². The summed E-state index contributed by atoms with van der Waals surface area (Å²) in [5.41, 5.74) is 0. The van der Waals surface area contributed by atoms with Crippen molar-refractivity contribution >= 4 is 22.5 Å². The van der Waals surface area contributed by atoms with E-state index in [1.807, 2.05) is 70.3 Å². The molecule has 1 aliphatic rings. The Hall–Kier alpha value is -3.94. The molecule has 0 bridgehead atoms. The van der Waals surface area contributed by atoms with Crippen LogP contribution >= 0.6 is 0 Å². The molecule has 31 heavy (non-hydrogen) atoms. The molecule has 4 aromatic rings. The lowest BCUT2D eigenvalue weighted by Crippen LogP contribution is -2.50. The molecule has 0 N–H and O–H groups in total. The van der Waals surface area contributed by atoms with E-state index in [4.69, 9.17) is 4.74 Å². The fourth-order valence-electron chi connectivity index (χ4n) is 3.76. The fraction of sp³-hybridized carbons (Fsp3) is 0.217. The summed E-state index contributed by atoms with van der Waals surface area (Å²) in [5.74, 6) is 2.26. The Kier molecular flexibility index (Phi) is 5.18. The average Bonchev–Trinajstić information content (AvgIpc) is 3.38. The molecule has 1 amide bonds. The molecule has 0 saturated carbocycles. The van der Waals surface area contributed by atoms with E-state index in [-0.39, 0.29) is 12.5 Å². The number of hydrogen-bond donors (Lipinski definition) is 0. The quantitative estimate of drug-likeness (QED) is 0.500. The zero-order valence-electron chi connectivity index (χ0n) is 17.0. The van der Waals surface area contributed by atoms with E-state index in [9.17, 15) is 4.79 Å². The minimum absolute atomic E-state index is 0.00544. The van der Waals surface area contributed by atoms with Crippen molar-refractivity contribution in [3.8, 4) is 11.6 Å². The maximum absolute atomic E-state index is 12.7. The first kappa shape index (κ1) is 19.0. The van der Waals surface area contributed by atoms with E-state index in [2.05, 4.69) is 20.1 Å². The van der Waals surface area contributed by atoms with Crippen molar-refractivity contribution in [2.45, 2.75) is 0 Å². The Bertz CT molecular complexity index is 1160. The number of hydrogen-bond acceptors (Lipinski definition) is 6. The number of aromatic nitrogens is 4. The maximum Gasteiger partial charge on any atom is 0.260 e. The second kappa shape index (κ2) is 8.43. The van der Waals surface area contributed by atoms with Crippen molar-refractivity contribution < 1.29 is 9.53 Å². The van der Waals surface area contributed by atoms with Gasteiger partial charge in [0.2, 0.25) is 0 Å². The fourth-order valence-corrected chi connectivity index (χ4v) is 3.76. The van der Waals surface area contributed by atoms with Crippen molar-refractivity contribution in [3.63, 3.8) is 0 Å². The lowest BCUT2D eigenvalue weighted by Gasteiger charge is -2.35. The summed E-state index contributed by atoms with van der Waals surface area (Å²) in [7, 11) is 0. The highest BCUT2D eigenvalue weighted by Gasteiger charge is 2.22. The lowest BCUT2D eigenvalue weighted by atomic mass is 10.1. The van der Waals surface area contributed by atoms with E-state index < -0.39 is 0 Å². The van der Waals surface area contributed by atoms with Gasteiger partial charge in [0.05, 0.1) is 0 Å².